The Bertz CT molecular complexity index is 581. The van der Waals surface area contributed by atoms with Crippen LogP contribution < -0.4 is 0 Å². The summed E-state index contributed by atoms with van der Waals surface area (Å²) in [4.78, 5) is 11.9. The molecule has 0 saturated carbocycles. The van der Waals surface area contributed by atoms with E-state index in [9.17, 15) is 13.6 Å². The van der Waals surface area contributed by atoms with Gasteiger partial charge in [-0.25, -0.2) is 8.78 Å². The number of benzene rings is 2. The molecule has 0 aliphatic carbocycles. The molecule has 2 aromatic carbocycles. The molecule has 17 heavy (non-hydrogen) atoms. The lowest BCUT2D eigenvalue weighted by molar-refractivity contribution is 0.103. The fraction of sp³-hybridized carbons (Fsp3) is 0. The molecule has 0 saturated heterocycles. The fourth-order valence-electron chi connectivity index (χ4n) is 1.46. The van der Waals surface area contributed by atoms with E-state index >= 15 is 0 Å². The van der Waals surface area contributed by atoms with Gasteiger partial charge in [0.25, 0.3) is 0 Å². The lowest BCUT2D eigenvalue weighted by Gasteiger charge is -2.03. The summed E-state index contributed by atoms with van der Waals surface area (Å²) in [7, 11) is 0. The summed E-state index contributed by atoms with van der Waals surface area (Å²) in [5, 5.41) is 0. The Hall–Kier alpha value is -1.55. The van der Waals surface area contributed by atoms with Crippen LogP contribution >= 0.6 is 15.9 Å². The van der Waals surface area contributed by atoms with Gasteiger partial charge in [0.05, 0.1) is 5.56 Å². The molecule has 0 unspecified atom stereocenters. The molecule has 4 heteroatoms. The van der Waals surface area contributed by atoms with E-state index in [2.05, 4.69) is 15.9 Å². The van der Waals surface area contributed by atoms with Gasteiger partial charge < -0.3 is 0 Å². The Morgan fingerprint density at radius 1 is 1.06 bits per heavy atom. The number of carbonyl (C=O) groups excluding carboxylic acids is 1. The van der Waals surface area contributed by atoms with Gasteiger partial charge in [0, 0.05) is 10.0 Å². The first kappa shape index (κ1) is 11.9. The molecule has 0 bridgehead atoms. The fourth-order valence-corrected chi connectivity index (χ4v) is 1.79. The highest BCUT2D eigenvalue weighted by atomic mass is 79.9. The van der Waals surface area contributed by atoms with Gasteiger partial charge >= 0.3 is 0 Å². The van der Waals surface area contributed by atoms with Crippen molar-refractivity contribution in [3.8, 4) is 0 Å². The first-order chi connectivity index (χ1) is 8.08. The highest BCUT2D eigenvalue weighted by Crippen LogP contribution is 2.18. The largest absolute Gasteiger partial charge is 0.288 e. The predicted octanol–water partition coefficient (Wildman–Crippen LogP) is 3.96. The molecular weight excluding hydrogens is 290 g/mol. The van der Waals surface area contributed by atoms with Gasteiger partial charge in [0.15, 0.2) is 5.78 Å². The topological polar surface area (TPSA) is 17.1 Å². The van der Waals surface area contributed by atoms with Crippen LogP contribution in [0.4, 0.5) is 8.78 Å². The summed E-state index contributed by atoms with van der Waals surface area (Å²) in [5.41, 5.74) is 0.0602. The van der Waals surface area contributed by atoms with Crippen molar-refractivity contribution in [3.05, 3.63) is 69.7 Å². The minimum absolute atomic E-state index is 0.0706. The summed E-state index contributed by atoms with van der Waals surface area (Å²) in [6, 6.07) is 9.32. The minimum Gasteiger partial charge on any atom is -0.288 e. The van der Waals surface area contributed by atoms with Crippen molar-refractivity contribution in [1.29, 1.82) is 0 Å². The molecule has 0 aromatic heterocycles. The molecule has 0 amide bonds. The van der Waals surface area contributed by atoms with Crippen LogP contribution in [0.1, 0.15) is 15.9 Å². The maximum Gasteiger partial charge on any atom is 0.196 e. The Morgan fingerprint density at radius 3 is 2.47 bits per heavy atom. The van der Waals surface area contributed by atoms with Gasteiger partial charge in [-0.1, -0.05) is 28.1 Å². The molecule has 0 aliphatic rings. The second-order valence-electron chi connectivity index (χ2n) is 3.46. The lowest BCUT2D eigenvalue weighted by Crippen LogP contribution is -2.04. The van der Waals surface area contributed by atoms with E-state index in [-0.39, 0.29) is 11.1 Å². The molecule has 0 spiro atoms. The van der Waals surface area contributed by atoms with Crippen LogP contribution in [-0.2, 0) is 0 Å². The van der Waals surface area contributed by atoms with Crippen molar-refractivity contribution in [3.63, 3.8) is 0 Å². The van der Waals surface area contributed by atoms with E-state index in [0.29, 0.717) is 4.47 Å². The van der Waals surface area contributed by atoms with Crippen molar-refractivity contribution in [2.45, 2.75) is 0 Å². The van der Waals surface area contributed by atoms with Crippen LogP contribution in [0.5, 0.6) is 0 Å². The summed E-state index contributed by atoms with van der Waals surface area (Å²) < 4.78 is 27.0. The molecule has 1 nitrogen and oxygen atoms in total. The van der Waals surface area contributed by atoms with Crippen LogP contribution in [0.3, 0.4) is 0 Å². The number of halogens is 3. The molecule has 86 valence electrons. The van der Waals surface area contributed by atoms with E-state index in [0.717, 1.165) is 6.07 Å². The van der Waals surface area contributed by atoms with Crippen molar-refractivity contribution in [1.82, 2.24) is 0 Å². The van der Waals surface area contributed by atoms with Crippen molar-refractivity contribution in [2.75, 3.05) is 0 Å². The van der Waals surface area contributed by atoms with Gasteiger partial charge in [-0.15, -0.1) is 0 Å². The highest BCUT2D eigenvalue weighted by Gasteiger charge is 2.14. The zero-order valence-electron chi connectivity index (χ0n) is 8.58. The smallest absolute Gasteiger partial charge is 0.196 e. The zero-order valence-corrected chi connectivity index (χ0v) is 10.2. The Morgan fingerprint density at radius 2 is 1.82 bits per heavy atom. The lowest BCUT2D eigenvalue weighted by atomic mass is 10.0. The van der Waals surface area contributed by atoms with Gasteiger partial charge in [-0.2, -0.15) is 0 Å². The Kier molecular flexibility index (Phi) is 3.33. The van der Waals surface area contributed by atoms with E-state index in [1.165, 1.54) is 30.3 Å². The summed E-state index contributed by atoms with van der Waals surface area (Å²) >= 11 is 3.10. The van der Waals surface area contributed by atoms with Gasteiger partial charge in [0.1, 0.15) is 11.6 Å². The molecule has 0 heterocycles. The summed E-state index contributed by atoms with van der Waals surface area (Å²) in [5.74, 6) is -1.68. The van der Waals surface area contributed by atoms with Gasteiger partial charge in [-0.05, 0) is 30.3 Å². The number of rotatable bonds is 2. The van der Waals surface area contributed by atoms with Crippen molar-refractivity contribution < 1.29 is 13.6 Å². The second-order valence-corrected chi connectivity index (χ2v) is 4.38. The molecule has 0 aliphatic heterocycles. The van der Waals surface area contributed by atoms with Crippen molar-refractivity contribution >= 4 is 21.7 Å². The maximum atomic E-state index is 13.5. The molecule has 0 N–H and O–H groups in total. The van der Waals surface area contributed by atoms with E-state index < -0.39 is 17.4 Å². The third kappa shape index (κ3) is 2.58. The summed E-state index contributed by atoms with van der Waals surface area (Å²) in [6.07, 6.45) is 0. The average Bonchev–Trinajstić information content (AvgIpc) is 2.28. The molecule has 2 rings (SSSR count). The van der Waals surface area contributed by atoms with Crippen LogP contribution in [0.15, 0.2) is 46.9 Å². The molecule has 2 aromatic rings. The van der Waals surface area contributed by atoms with Crippen LogP contribution in [-0.4, -0.2) is 5.78 Å². The molecular formula is C13H7BrF2O. The van der Waals surface area contributed by atoms with E-state index in [4.69, 9.17) is 0 Å². The SMILES string of the molecule is O=C(c1cccc(F)c1)c1ccc(Br)cc1F. The highest BCUT2D eigenvalue weighted by molar-refractivity contribution is 9.10. The Balaban J connectivity index is 2.44. The first-order valence-corrected chi connectivity index (χ1v) is 5.62. The van der Waals surface area contributed by atoms with E-state index in [1.54, 1.807) is 6.07 Å². The molecule has 0 radical (unpaired) electrons. The Labute approximate surface area is 105 Å². The monoisotopic (exact) mass is 296 g/mol. The summed E-state index contributed by atoms with van der Waals surface area (Å²) in [6.45, 7) is 0. The number of hydrogen-bond acceptors (Lipinski definition) is 1. The third-order valence-electron chi connectivity index (χ3n) is 2.26. The first-order valence-electron chi connectivity index (χ1n) is 4.83. The maximum absolute atomic E-state index is 13.5. The van der Waals surface area contributed by atoms with Crippen LogP contribution in [0.25, 0.3) is 0 Å². The van der Waals surface area contributed by atoms with Crippen LogP contribution in [0.2, 0.25) is 0 Å². The minimum atomic E-state index is -0.631. The number of hydrogen-bond donors (Lipinski definition) is 0. The van der Waals surface area contributed by atoms with Crippen molar-refractivity contribution in [2.24, 2.45) is 0 Å². The third-order valence-corrected chi connectivity index (χ3v) is 2.76. The van der Waals surface area contributed by atoms with Gasteiger partial charge in [0.2, 0.25) is 0 Å². The molecule has 0 fully saturated rings. The van der Waals surface area contributed by atoms with Gasteiger partial charge in [-0.3, -0.25) is 4.79 Å². The molecule has 0 atom stereocenters. The second kappa shape index (κ2) is 4.75. The predicted molar refractivity (Wildman–Crippen MR) is 63.9 cm³/mol. The number of carbonyl (C=O) groups is 1. The quantitative estimate of drug-likeness (QED) is 0.767. The average molecular weight is 297 g/mol. The zero-order chi connectivity index (χ0) is 12.4. The normalized spacial score (nSPS) is 10.3. The number of ketones is 1. The van der Waals surface area contributed by atoms with Crippen LogP contribution in [0, 0.1) is 11.6 Å². The van der Waals surface area contributed by atoms with E-state index in [1.807, 2.05) is 0 Å². The standard InChI is InChI=1S/C13H7BrF2O/c14-9-4-5-11(12(16)7-9)13(17)8-2-1-3-10(15)6-8/h1-7H.